The molecule has 2 aliphatic rings. The third-order valence-corrected chi connectivity index (χ3v) is 4.97. The van der Waals surface area contributed by atoms with E-state index in [1.807, 2.05) is 24.8 Å². The van der Waals surface area contributed by atoms with Crippen LogP contribution in [0.5, 0.6) is 11.5 Å². The van der Waals surface area contributed by atoms with Gasteiger partial charge in [-0.1, -0.05) is 6.07 Å². The van der Waals surface area contributed by atoms with Crippen LogP contribution in [0.4, 0.5) is 0 Å². The Morgan fingerprint density at radius 3 is 2.07 bits per heavy atom. The summed E-state index contributed by atoms with van der Waals surface area (Å²) < 4.78 is 10.8. The van der Waals surface area contributed by atoms with Gasteiger partial charge in [0.1, 0.15) is 0 Å². The smallest absolute Gasteiger partial charge is 0.414 e. The summed E-state index contributed by atoms with van der Waals surface area (Å²) in [5, 5.41) is 14.8. The molecule has 2 aliphatic heterocycles. The highest BCUT2D eigenvalue weighted by Gasteiger charge is 2.21. The molecule has 0 aromatic heterocycles. The van der Waals surface area contributed by atoms with E-state index in [4.69, 9.17) is 29.3 Å². The summed E-state index contributed by atoms with van der Waals surface area (Å²) in [5.41, 5.74) is 1.24. The number of carbonyl (C=O) groups excluding carboxylic acids is 1. The van der Waals surface area contributed by atoms with Crippen molar-refractivity contribution in [2.75, 3.05) is 52.6 Å². The van der Waals surface area contributed by atoms with Crippen LogP contribution in [-0.4, -0.2) is 95.4 Å². The lowest BCUT2D eigenvalue weighted by Gasteiger charge is -2.35. The summed E-state index contributed by atoms with van der Waals surface area (Å²) in [6.07, 6.45) is 0. The van der Waals surface area contributed by atoms with Crippen LogP contribution in [0.3, 0.4) is 0 Å². The molecule has 0 atom stereocenters. The summed E-state index contributed by atoms with van der Waals surface area (Å²) in [6.45, 7) is 11.3. The number of rotatable bonds is 6. The average molecular weight is 423 g/mol. The molecule has 0 unspecified atom stereocenters. The predicted octanol–water partition coefficient (Wildman–Crippen LogP) is 0.557. The van der Waals surface area contributed by atoms with Gasteiger partial charge >= 0.3 is 11.9 Å². The van der Waals surface area contributed by atoms with E-state index in [1.54, 1.807) is 0 Å². The van der Waals surface area contributed by atoms with Gasteiger partial charge in [-0.2, -0.15) is 0 Å². The van der Waals surface area contributed by atoms with Crippen molar-refractivity contribution in [1.29, 1.82) is 0 Å². The van der Waals surface area contributed by atoms with Gasteiger partial charge < -0.3 is 24.6 Å². The first-order valence-electron chi connectivity index (χ1n) is 9.91. The van der Waals surface area contributed by atoms with Gasteiger partial charge in [0.15, 0.2) is 11.5 Å². The van der Waals surface area contributed by atoms with E-state index in [9.17, 15) is 4.79 Å². The summed E-state index contributed by atoms with van der Waals surface area (Å²) in [6, 6.07) is 6.15. The van der Waals surface area contributed by atoms with Crippen LogP contribution < -0.4 is 9.47 Å². The SMILES string of the molecule is CCN(CC)C(=O)CN1CCN(Cc2ccc3c(c2)OCO3)CC1.O=C(O)C(=O)O. The van der Waals surface area contributed by atoms with Crippen LogP contribution in [0.25, 0.3) is 0 Å². The van der Waals surface area contributed by atoms with Gasteiger partial charge in [-0.05, 0) is 31.5 Å². The van der Waals surface area contributed by atoms with Crippen LogP contribution in [0, 0.1) is 0 Å². The number of amides is 1. The number of ether oxygens (including phenoxy) is 2. The number of likely N-dealkylation sites (N-methyl/N-ethyl adjacent to an activating group) is 1. The van der Waals surface area contributed by atoms with Crippen molar-refractivity contribution in [2.45, 2.75) is 20.4 Å². The molecule has 30 heavy (non-hydrogen) atoms. The number of fused-ring (bicyclic) bond motifs is 1. The Balaban J connectivity index is 0.000000469. The highest BCUT2D eigenvalue weighted by molar-refractivity contribution is 6.27. The number of hydrogen-bond donors (Lipinski definition) is 2. The highest BCUT2D eigenvalue weighted by atomic mass is 16.7. The Morgan fingerprint density at radius 2 is 1.50 bits per heavy atom. The maximum atomic E-state index is 12.2. The van der Waals surface area contributed by atoms with Crippen LogP contribution in [0.2, 0.25) is 0 Å². The topological polar surface area (TPSA) is 120 Å². The van der Waals surface area contributed by atoms with Gasteiger partial charge in [0, 0.05) is 45.8 Å². The standard InChI is InChI=1S/C18H27N3O3.C2H2O4/c1-3-21(4-2)18(22)13-20-9-7-19(8-10-20)12-15-5-6-16-17(11-15)24-14-23-16;3-1(4)2(5)6/h5-6,11H,3-4,7-10,12-14H2,1-2H3;(H,3,4)(H,5,6). The number of carboxylic acid groups (broad SMARTS) is 2. The van der Waals surface area contributed by atoms with Crippen LogP contribution in [0.1, 0.15) is 19.4 Å². The number of aliphatic carboxylic acids is 2. The molecular weight excluding hydrogens is 394 g/mol. The Morgan fingerprint density at radius 1 is 0.933 bits per heavy atom. The summed E-state index contributed by atoms with van der Waals surface area (Å²) >= 11 is 0. The van der Waals surface area contributed by atoms with Crippen LogP contribution in [0.15, 0.2) is 18.2 Å². The molecule has 10 heteroatoms. The monoisotopic (exact) mass is 423 g/mol. The summed E-state index contributed by atoms with van der Waals surface area (Å²) in [4.78, 5) is 37.0. The molecule has 2 N–H and O–H groups in total. The van der Waals surface area contributed by atoms with Crippen molar-refractivity contribution in [3.05, 3.63) is 23.8 Å². The maximum Gasteiger partial charge on any atom is 0.414 e. The Bertz CT molecular complexity index is 732. The number of benzene rings is 1. The third kappa shape index (κ3) is 6.89. The zero-order valence-electron chi connectivity index (χ0n) is 17.4. The molecule has 1 aromatic carbocycles. The molecule has 0 bridgehead atoms. The Hall–Kier alpha value is -2.85. The second-order valence-corrected chi connectivity index (χ2v) is 6.92. The number of carboxylic acids is 2. The van der Waals surface area contributed by atoms with Crippen LogP contribution >= 0.6 is 0 Å². The second kappa shape index (κ2) is 11.4. The number of carbonyl (C=O) groups is 3. The third-order valence-electron chi connectivity index (χ3n) is 4.97. The van der Waals surface area contributed by atoms with Crippen molar-refractivity contribution >= 4 is 17.8 Å². The van der Waals surface area contributed by atoms with E-state index < -0.39 is 11.9 Å². The molecule has 166 valence electrons. The molecule has 1 fully saturated rings. The number of nitrogens with zero attached hydrogens (tertiary/aromatic N) is 3. The lowest BCUT2D eigenvalue weighted by atomic mass is 10.1. The molecule has 2 heterocycles. The average Bonchev–Trinajstić information content (AvgIpc) is 3.18. The van der Waals surface area contributed by atoms with E-state index in [1.165, 1.54) is 5.56 Å². The van der Waals surface area contributed by atoms with Crippen molar-refractivity contribution in [2.24, 2.45) is 0 Å². The Labute approximate surface area is 175 Å². The predicted molar refractivity (Wildman–Crippen MR) is 107 cm³/mol. The maximum absolute atomic E-state index is 12.2. The minimum Gasteiger partial charge on any atom is -0.473 e. The first-order valence-corrected chi connectivity index (χ1v) is 9.91. The van der Waals surface area contributed by atoms with Gasteiger partial charge in [-0.15, -0.1) is 0 Å². The van der Waals surface area contributed by atoms with E-state index in [0.29, 0.717) is 13.3 Å². The van der Waals surface area contributed by atoms with E-state index in [-0.39, 0.29) is 5.91 Å². The highest BCUT2D eigenvalue weighted by Crippen LogP contribution is 2.32. The van der Waals surface area contributed by atoms with Crippen molar-refractivity contribution < 1.29 is 34.1 Å². The molecule has 3 rings (SSSR count). The zero-order chi connectivity index (χ0) is 22.1. The molecule has 0 aliphatic carbocycles. The van der Waals surface area contributed by atoms with Crippen molar-refractivity contribution in [3.63, 3.8) is 0 Å². The largest absolute Gasteiger partial charge is 0.473 e. The molecule has 1 aromatic rings. The zero-order valence-corrected chi connectivity index (χ0v) is 17.4. The molecule has 0 saturated carbocycles. The minimum atomic E-state index is -1.82. The van der Waals surface area contributed by atoms with E-state index in [0.717, 1.165) is 57.3 Å². The first kappa shape index (κ1) is 23.4. The quantitative estimate of drug-likeness (QED) is 0.632. The lowest BCUT2D eigenvalue weighted by molar-refractivity contribution is -0.159. The Kier molecular flexibility index (Phi) is 8.88. The molecule has 0 radical (unpaired) electrons. The van der Waals surface area contributed by atoms with Gasteiger partial charge in [-0.25, -0.2) is 9.59 Å². The fourth-order valence-electron chi connectivity index (χ4n) is 3.27. The first-order chi connectivity index (χ1) is 14.3. The lowest BCUT2D eigenvalue weighted by Crippen LogP contribution is -2.49. The summed E-state index contributed by atoms with van der Waals surface area (Å²) in [5.74, 6) is -1.73. The second-order valence-electron chi connectivity index (χ2n) is 6.92. The fraction of sp³-hybridized carbons (Fsp3) is 0.550. The van der Waals surface area contributed by atoms with Crippen molar-refractivity contribution in [3.8, 4) is 11.5 Å². The molecule has 1 amide bonds. The molecule has 0 spiro atoms. The number of piperazine rings is 1. The van der Waals surface area contributed by atoms with Crippen molar-refractivity contribution in [1.82, 2.24) is 14.7 Å². The van der Waals surface area contributed by atoms with E-state index >= 15 is 0 Å². The minimum absolute atomic E-state index is 0.240. The molecular formula is C20H29N3O7. The van der Waals surface area contributed by atoms with Gasteiger partial charge in [-0.3, -0.25) is 14.6 Å². The van der Waals surface area contributed by atoms with Gasteiger partial charge in [0.05, 0.1) is 6.54 Å². The molecule has 1 saturated heterocycles. The number of hydrogen-bond acceptors (Lipinski definition) is 7. The normalized spacial score (nSPS) is 15.8. The van der Waals surface area contributed by atoms with E-state index in [2.05, 4.69) is 21.9 Å². The van der Waals surface area contributed by atoms with Gasteiger partial charge in [0.2, 0.25) is 12.7 Å². The van der Waals surface area contributed by atoms with Crippen LogP contribution in [-0.2, 0) is 20.9 Å². The van der Waals surface area contributed by atoms with Gasteiger partial charge in [0.25, 0.3) is 0 Å². The summed E-state index contributed by atoms with van der Waals surface area (Å²) in [7, 11) is 0. The fourth-order valence-corrected chi connectivity index (χ4v) is 3.27. The molecule has 10 nitrogen and oxygen atoms in total.